The van der Waals surface area contributed by atoms with Crippen LogP contribution in [0.1, 0.15) is 6.92 Å². The Morgan fingerprint density at radius 3 is 2.22 bits per heavy atom. The smallest absolute Gasteiger partial charge is 0.481 e. The van der Waals surface area contributed by atoms with E-state index in [1.54, 1.807) is 13.1 Å². The molecule has 1 unspecified atom stereocenters. The van der Waals surface area contributed by atoms with Gasteiger partial charge in [-0.3, -0.25) is 4.79 Å². The van der Waals surface area contributed by atoms with E-state index in [9.17, 15) is 18.0 Å². The van der Waals surface area contributed by atoms with Crippen LogP contribution in [-0.2, 0) is 9.59 Å². The zero-order valence-electron chi connectivity index (χ0n) is 14.5. The molecule has 27 heavy (non-hydrogen) atoms. The summed E-state index contributed by atoms with van der Waals surface area (Å²) in [5.74, 6) is -3.29. The van der Waals surface area contributed by atoms with Crippen LogP contribution in [0, 0.1) is 5.92 Å². The van der Waals surface area contributed by atoms with Gasteiger partial charge in [0.2, 0.25) is 0 Å². The van der Waals surface area contributed by atoms with Gasteiger partial charge in [0.25, 0.3) is 0 Å². The van der Waals surface area contributed by atoms with E-state index >= 15 is 0 Å². The van der Waals surface area contributed by atoms with Gasteiger partial charge >= 0.3 is 18.1 Å². The first-order valence-corrected chi connectivity index (χ1v) is 7.63. The summed E-state index contributed by atoms with van der Waals surface area (Å²) in [4.78, 5) is 30.1. The largest absolute Gasteiger partial charge is 0.490 e. The van der Waals surface area contributed by atoms with E-state index < -0.39 is 24.0 Å². The van der Waals surface area contributed by atoms with Gasteiger partial charge in [0.1, 0.15) is 12.1 Å². The molecule has 0 fully saturated rings. The van der Waals surface area contributed by atoms with Crippen molar-refractivity contribution < 1.29 is 33.0 Å². The van der Waals surface area contributed by atoms with Crippen molar-refractivity contribution in [1.29, 1.82) is 0 Å². The van der Waals surface area contributed by atoms with Gasteiger partial charge in [0, 0.05) is 25.4 Å². The van der Waals surface area contributed by atoms with Crippen molar-refractivity contribution >= 4 is 17.8 Å². The van der Waals surface area contributed by atoms with Gasteiger partial charge in [-0.1, -0.05) is 37.3 Å². The number of nitrogens with zero attached hydrogens (tertiary/aromatic N) is 3. The van der Waals surface area contributed by atoms with E-state index in [1.807, 2.05) is 42.3 Å². The Bertz CT molecular complexity index is 770. The molecule has 1 aromatic heterocycles. The molecular weight excluding hydrogens is 367 g/mol. The van der Waals surface area contributed by atoms with Crippen LogP contribution in [0.15, 0.2) is 42.9 Å². The number of carboxylic acid groups (broad SMARTS) is 2. The quantitative estimate of drug-likeness (QED) is 0.815. The Hall–Kier alpha value is -3.17. The van der Waals surface area contributed by atoms with Crippen molar-refractivity contribution in [2.24, 2.45) is 5.92 Å². The average Bonchev–Trinajstić information content (AvgIpc) is 2.62. The van der Waals surface area contributed by atoms with Gasteiger partial charge in [-0.25, -0.2) is 14.8 Å². The molecule has 0 aliphatic carbocycles. The number of aromatic nitrogens is 2. The van der Waals surface area contributed by atoms with Gasteiger partial charge in [0.15, 0.2) is 0 Å². The average molecular weight is 385 g/mol. The van der Waals surface area contributed by atoms with E-state index in [1.165, 1.54) is 6.33 Å². The number of rotatable bonds is 5. The number of hydrogen-bond donors (Lipinski definition) is 2. The standard InChI is InChI=1S/C15H17N3O2.C2HF3O2/c1-11(15(19)20)9-18(2)14-13(8-16-10-17-14)12-6-4-3-5-7-12;3-2(4,5)1(6)7/h3-8,10-11H,9H2,1-2H3,(H,19,20);(H,6,7). The summed E-state index contributed by atoms with van der Waals surface area (Å²) in [6.07, 6.45) is -1.86. The topological polar surface area (TPSA) is 104 Å². The minimum atomic E-state index is -5.08. The predicted molar refractivity (Wildman–Crippen MR) is 91.2 cm³/mol. The molecule has 2 rings (SSSR count). The highest BCUT2D eigenvalue weighted by atomic mass is 19.4. The molecule has 2 aromatic rings. The minimum absolute atomic E-state index is 0.395. The zero-order chi connectivity index (χ0) is 20.6. The fraction of sp³-hybridized carbons (Fsp3) is 0.294. The lowest BCUT2D eigenvalue weighted by atomic mass is 10.1. The number of carboxylic acids is 2. The normalized spacial score (nSPS) is 11.7. The molecule has 1 aromatic carbocycles. The Labute approximate surface area is 153 Å². The Balaban J connectivity index is 0.000000445. The maximum absolute atomic E-state index is 11.0. The van der Waals surface area contributed by atoms with Crippen molar-refractivity contribution in [1.82, 2.24) is 9.97 Å². The molecule has 0 spiro atoms. The first kappa shape index (κ1) is 21.9. The SMILES string of the molecule is CC(CN(C)c1ncncc1-c1ccccc1)C(=O)O.O=C(O)C(F)(F)F. The fourth-order valence-electron chi connectivity index (χ4n) is 2.02. The summed E-state index contributed by atoms with van der Waals surface area (Å²) in [5, 5.41) is 16.1. The molecule has 1 atom stereocenters. The molecule has 146 valence electrons. The summed E-state index contributed by atoms with van der Waals surface area (Å²) in [5.41, 5.74) is 1.91. The highest BCUT2D eigenvalue weighted by molar-refractivity contribution is 5.76. The van der Waals surface area contributed by atoms with Crippen molar-refractivity contribution in [2.75, 3.05) is 18.5 Å². The molecule has 0 aliphatic heterocycles. The number of benzene rings is 1. The van der Waals surface area contributed by atoms with Crippen LogP contribution in [0.2, 0.25) is 0 Å². The molecule has 0 bridgehead atoms. The van der Waals surface area contributed by atoms with E-state index in [2.05, 4.69) is 9.97 Å². The molecule has 1 heterocycles. The molecule has 7 nitrogen and oxygen atoms in total. The summed E-state index contributed by atoms with van der Waals surface area (Å²) in [7, 11) is 1.84. The maximum Gasteiger partial charge on any atom is 0.490 e. The lowest BCUT2D eigenvalue weighted by Crippen LogP contribution is -2.29. The third-order valence-corrected chi connectivity index (χ3v) is 3.35. The third kappa shape index (κ3) is 6.92. The first-order chi connectivity index (χ1) is 12.5. The van der Waals surface area contributed by atoms with Gasteiger partial charge in [0.05, 0.1) is 5.92 Å². The number of hydrogen-bond acceptors (Lipinski definition) is 5. The fourth-order valence-corrected chi connectivity index (χ4v) is 2.02. The van der Waals surface area contributed by atoms with E-state index in [-0.39, 0.29) is 0 Å². The Kier molecular flexibility index (Phi) is 7.70. The van der Waals surface area contributed by atoms with Crippen LogP contribution >= 0.6 is 0 Å². The van der Waals surface area contributed by atoms with Gasteiger partial charge in [-0.2, -0.15) is 13.2 Å². The molecule has 0 aliphatic rings. The first-order valence-electron chi connectivity index (χ1n) is 7.63. The summed E-state index contributed by atoms with van der Waals surface area (Å²) in [6.45, 7) is 2.08. The number of anilines is 1. The summed E-state index contributed by atoms with van der Waals surface area (Å²) < 4.78 is 31.7. The molecule has 0 saturated carbocycles. The minimum Gasteiger partial charge on any atom is -0.481 e. The van der Waals surface area contributed by atoms with Crippen LogP contribution in [0.3, 0.4) is 0 Å². The van der Waals surface area contributed by atoms with Crippen LogP contribution in [-0.4, -0.2) is 51.9 Å². The highest BCUT2D eigenvalue weighted by Gasteiger charge is 2.38. The maximum atomic E-state index is 11.0. The molecular formula is C17H18F3N3O4. The third-order valence-electron chi connectivity index (χ3n) is 3.35. The molecule has 0 saturated heterocycles. The van der Waals surface area contributed by atoms with Crippen LogP contribution < -0.4 is 4.90 Å². The molecule has 0 amide bonds. The number of halogens is 3. The second kappa shape index (κ2) is 9.51. The molecule has 0 radical (unpaired) electrons. The van der Waals surface area contributed by atoms with Gasteiger partial charge in [-0.05, 0) is 5.56 Å². The van der Waals surface area contributed by atoms with Crippen molar-refractivity contribution in [2.45, 2.75) is 13.1 Å². The highest BCUT2D eigenvalue weighted by Crippen LogP contribution is 2.27. The zero-order valence-corrected chi connectivity index (χ0v) is 14.5. The monoisotopic (exact) mass is 385 g/mol. The predicted octanol–water partition coefficient (Wildman–Crippen LogP) is 2.93. The molecule has 2 N–H and O–H groups in total. The Morgan fingerprint density at radius 1 is 1.19 bits per heavy atom. The van der Waals surface area contributed by atoms with Crippen LogP contribution in [0.25, 0.3) is 11.1 Å². The lowest BCUT2D eigenvalue weighted by Gasteiger charge is -2.22. The summed E-state index contributed by atoms with van der Waals surface area (Å²) in [6, 6.07) is 9.81. The summed E-state index contributed by atoms with van der Waals surface area (Å²) >= 11 is 0. The van der Waals surface area contributed by atoms with Crippen molar-refractivity contribution in [3.63, 3.8) is 0 Å². The lowest BCUT2D eigenvalue weighted by molar-refractivity contribution is -0.192. The van der Waals surface area contributed by atoms with E-state index in [0.717, 1.165) is 16.9 Å². The van der Waals surface area contributed by atoms with Crippen molar-refractivity contribution in [3.05, 3.63) is 42.9 Å². The Morgan fingerprint density at radius 2 is 1.74 bits per heavy atom. The molecule has 10 heteroatoms. The number of carbonyl (C=O) groups is 2. The number of alkyl halides is 3. The van der Waals surface area contributed by atoms with Gasteiger partial charge in [-0.15, -0.1) is 0 Å². The van der Waals surface area contributed by atoms with E-state index in [4.69, 9.17) is 15.0 Å². The number of aliphatic carboxylic acids is 2. The van der Waals surface area contributed by atoms with Crippen molar-refractivity contribution in [3.8, 4) is 11.1 Å². The second-order valence-corrected chi connectivity index (χ2v) is 5.55. The van der Waals surface area contributed by atoms with Gasteiger partial charge < -0.3 is 15.1 Å². The van der Waals surface area contributed by atoms with Crippen LogP contribution in [0.4, 0.5) is 19.0 Å². The van der Waals surface area contributed by atoms with Crippen LogP contribution in [0.5, 0.6) is 0 Å². The van der Waals surface area contributed by atoms with E-state index in [0.29, 0.717) is 6.54 Å². The second-order valence-electron chi connectivity index (χ2n) is 5.55.